The number of nitrogens with zero attached hydrogens (tertiary/aromatic N) is 1. The Balaban J connectivity index is 1.84. The van der Waals surface area contributed by atoms with Crippen molar-refractivity contribution in [1.29, 1.82) is 0 Å². The largest absolute Gasteiger partial charge is 0.315 e. The fraction of sp³-hybridized carbons (Fsp3) is 0.667. The van der Waals surface area contributed by atoms with Gasteiger partial charge in [-0.15, -0.1) is 0 Å². The van der Waals surface area contributed by atoms with Crippen molar-refractivity contribution in [3.63, 3.8) is 0 Å². The van der Waals surface area contributed by atoms with E-state index in [1.54, 1.807) is 0 Å². The van der Waals surface area contributed by atoms with Gasteiger partial charge in [-0.05, 0) is 63.9 Å². The van der Waals surface area contributed by atoms with Crippen LogP contribution in [0.15, 0.2) is 28.7 Å². The zero-order valence-electron chi connectivity index (χ0n) is 13.1. The maximum atomic E-state index is 3.72. The summed E-state index contributed by atoms with van der Waals surface area (Å²) in [6.07, 6.45) is 9.40. The highest BCUT2D eigenvalue weighted by molar-refractivity contribution is 9.10. The monoisotopic (exact) mass is 350 g/mol. The zero-order chi connectivity index (χ0) is 14.7. The van der Waals surface area contributed by atoms with E-state index in [1.807, 2.05) is 0 Å². The third-order valence-electron chi connectivity index (χ3n) is 5.58. The van der Waals surface area contributed by atoms with Gasteiger partial charge in [-0.25, -0.2) is 0 Å². The van der Waals surface area contributed by atoms with Gasteiger partial charge in [-0.2, -0.15) is 0 Å². The molecular weight excluding hydrogens is 324 g/mol. The lowest BCUT2D eigenvalue weighted by atomic mass is 9.82. The number of nitrogens with one attached hydrogen (secondary N) is 1. The summed E-state index contributed by atoms with van der Waals surface area (Å²) in [4.78, 5) is 2.80. The molecule has 1 heterocycles. The summed E-state index contributed by atoms with van der Waals surface area (Å²) in [5.41, 5.74) is 1.82. The van der Waals surface area contributed by atoms with Gasteiger partial charge in [0.15, 0.2) is 0 Å². The SMILES string of the molecule is CNC(Cc1ccccc1Br)C1(N2CCCC2)CCCC1. The van der Waals surface area contributed by atoms with Gasteiger partial charge in [0.1, 0.15) is 0 Å². The molecular formula is C18H27BrN2. The second-order valence-electron chi connectivity index (χ2n) is 6.64. The molecule has 1 saturated carbocycles. The van der Waals surface area contributed by atoms with Gasteiger partial charge in [0.25, 0.3) is 0 Å². The van der Waals surface area contributed by atoms with Crippen molar-refractivity contribution >= 4 is 15.9 Å². The van der Waals surface area contributed by atoms with Crippen LogP contribution in [0.2, 0.25) is 0 Å². The number of rotatable bonds is 5. The Morgan fingerprint density at radius 1 is 1.14 bits per heavy atom. The van der Waals surface area contributed by atoms with Crippen LogP contribution in [0.4, 0.5) is 0 Å². The van der Waals surface area contributed by atoms with Crippen LogP contribution in [-0.2, 0) is 6.42 Å². The molecule has 1 atom stereocenters. The highest BCUT2D eigenvalue weighted by Gasteiger charge is 2.45. The molecule has 1 saturated heterocycles. The molecule has 21 heavy (non-hydrogen) atoms. The van der Waals surface area contributed by atoms with Crippen LogP contribution in [0.1, 0.15) is 44.1 Å². The van der Waals surface area contributed by atoms with Crippen LogP contribution in [0.3, 0.4) is 0 Å². The number of hydrogen-bond acceptors (Lipinski definition) is 2. The first-order valence-electron chi connectivity index (χ1n) is 8.42. The van der Waals surface area contributed by atoms with Gasteiger partial charge >= 0.3 is 0 Å². The molecule has 0 radical (unpaired) electrons. The minimum Gasteiger partial charge on any atom is -0.315 e. The summed E-state index contributed by atoms with van der Waals surface area (Å²) >= 11 is 3.72. The molecule has 1 N–H and O–H groups in total. The van der Waals surface area contributed by atoms with Gasteiger partial charge in [0, 0.05) is 16.1 Å². The quantitative estimate of drug-likeness (QED) is 0.863. The van der Waals surface area contributed by atoms with Crippen LogP contribution in [0.25, 0.3) is 0 Å². The van der Waals surface area contributed by atoms with Crippen LogP contribution >= 0.6 is 15.9 Å². The van der Waals surface area contributed by atoms with Crippen LogP contribution in [0.5, 0.6) is 0 Å². The van der Waals surface area contributed by atoms with Crippen molar-refractivity contribution in [2.24, 2.45) is 0 Å². The molecule has 1 unspecified atom stereocenters. The van der Waals surface area contributed by atoms with Crippen LogP contribution in [-0.4, -0.2) is 36.6 Å². The zero-order valence-corrected chi connectivity index (χ0v) is 14.7. The van der Waals surface area contributed by atoms with E-state index < -0.39 is 0 Å². The Labute approximate surface area is 137 Å². The van der Waals surface area contributed by atoms with Crippen molar-refractivity contribution in [1.82, 2.24) is 10.2 Å². The molecule has 2 aliphatic rings. The van der Waals surface area contributed by atoms with Gasteiger partial charge in [0.2, 0.25) is 0 Å². The van der Waals surface area contributed by atoms with Gasteiger partial charge in [-0.1, -0.05) is 47.0 Å². The van der Waals surface area contributed by atoms with Crippen molar-refractivity contribution in [2.45, 2.75) is 56.5 Å². The molecule has 0 amide bonds. The van der Waals surface area contributed by atoms with Gasteiger partial charge in [-0.3, -0.25) is 4.90 Å². The molecule has 1 aliphatic heterocycles. The van der Waals surface area contributed by atoms with E-state index in [-0.39, 0.29) is 0 Å². The highest BCUT2D eigenvalue weighted by Crippen LogP contribution is 2.41. The molecule has 0 aromatic heterocycles. The number of hydrogen-bond donors (Lipinski definition) is 1. The normalized spacial score (nSPS) is 23.5. The van der Waals surface area contributed by atoms with Crippen molar-refractivity contribution in [3.8, 4) is 0 Å². The summed E-state index contributed by atoms with van der Waals surface area (Å²) in [7, 11) is 2.15. The average Bonchev–Trinajstić information content (AvgIpc) is 3.18. The van der Waals surface area contributed by atoms with E-state index in [9.17, 15) is 0 Å². The summed E-state index contributed by atoms with van der Waals surface area (Å²) in [5.74, 6) is 0. The summed E-state index contributed by atoms with van der Waals surface area (Å²) in [5, 5.41) is 3.67. The lowest BCUT2D eigenvalue weighted by molar-refractivity contribution is 0.0797. The maximum Gasteiger partial charge on any atom is 0.0365 e. The van der Waals surface area contributed by atoms with E-state index >= 15 is 0 Å². The first kappa shape index (κ1) is 15.5. The summed E-state index contributed by atoms with van der Waals surface area (Å²) in [6.45, 7) is 2.60. The Hall–Kier alpha value is -0.380. The van der Waals surface area contributed by atoms with Gasteiger partial charge in [0.05, 0.1) is 0 Å². The first-order chi connectivity index (χ1) is 10.3. The fourth-order valence-corrected chi connectivity index (χ4v) is 4.93. The van der Waals surface area contributed by atoms with Crippen molar-refractivity contribution in [2.75, 3.05) is 20.1 Å². The topological polar surface area (TPSA) is 15.3 Å². The average molecular weight is 351 g/mol. The number of halogens is 1. The fourth-order valence-electron chi connectivity index (χ4n) is 4.48. The van der Waals surface area contributed by atoms with Crippen LogP contribution in [0, 0.1) is 0 Å². The Bertz CT molecular complexity index is 462. The third kappa shape index (κ3) is 3.06. The lowest BCUT2D eigenvalue weighted by Gasteiger charge is -2.45. The first-order valence-corrected chi connectivity index (χ1v) is 9.21. The molecule has 0 spiro atoms. The number of likely N-dealkylation sites (N-methyl/N-ethyl adjacent to an activating group) is 1. The van der Waals surface area contributed by atoms with Gasteiger partial charge < -0.3 is 5.32 Å². The highest BCUT2D eigenvalue weighted by atomic mass is 79.9. The molecule has 1 aromatic rings. The summed E-state index contributed by atoms with van der Waals surface area (Å²) in [6, 6.07) is 9.25. The molecule has 3 heteroatoms. The van der Waals surface area contributed by atoms with Crippen molar-refractivity contribution < 1.29 is 0 Å². The molecule has 0 bridgehead atoms. The maximum absolute atomic E-state index is 3.72. The Kier molecular flexibility index (Phi) is 5.03. The molecule has 1 aliphatic carbocycles. The Morgan fingerprint density at radius 2 is 1.81 bits per heavy atom. The molecule has 2 fully saturated rings. The standard InChI is InChI=1S/C18H27BrN2/c1-20-17(14-15-8-2-3-9-16(15)19)18(10-4-5-11-18)21-12-6-7-13-21/h2-3,8-9,17,20H,4-7,10-14H2,1H3. The minimum atomic E-state index is 0.389. The van der Waals surface area contributed by atoms with E-state index in [2.05, 4.69) is 57.5 Å². The molecule has 116 valence electrons. The van der Waals surface area contributed by atoms with Crippen LogP contribution < -0.4 is 5.32 Å². The Morgan fingerprint density at radius 3 is 2.43 bits per heavy atom. The number of benzene rings is 1. The van der Waals surface area contributed by atoms with Crippen molar-refractivity contribution in [3.05, 3.63) is 34.3 Å². The van der Waals surface area contributed by atoms with E-state index in [0.717, 1.165) is 6.42 Å². The molecule has 3 rings (SSSR count). The van der Waals surface area contributed by atoms with E-state index in [4.69, 9.17) is 0 Å². The third-order valence-corrected chi connectivity index (χ3v) is 6.36. The predicted octanol–water partition coefficient (Wildman–Crippen LogP) is 3.99. The second kappa shape index (κ2) is 6.80. The lowest BCUT2D eigenvalue weighted by Crippen LogP contribution is -2.59. The van der Waals surface area contributed by atoms with E-state index in [1.165, 1.54) is 61.7 Å². The molecule has 2 nitrogen and oxygen atoms in total. The molecule has 1 aromatic carbocycles. The smallest absolute Gasteiger partial charge is 0.0365 e. The number of likely N-dealkylation sites (tertiary alicyclic amines) is 1. The second-order valence-corrected chi connectivity index (χ2v) is 7.50. The summed E-state index contributed by atoms with van der Waals surface area (Å²) < 4.78 is 1.25. The minimum absolute atomic E-state index is 0.389. The van der Waals surface area contributed by atoms with E-state index in [0.29, 0.717) is 11.6 Å². The predicted molar refractivity (Wildman–Crippen MR) is 92.7 cm³/mol.